The molecule has 2 aromatic rings. The van der Waals surface area contributed by atoms with Crippen molar-refractivity contribution < 1.29 is 0 Å². The van der Waals surface area contributed by atoms with Crippen LogP contribution < -0.4 is 5.32 Å². The second-order valence-corrected chi connectivity index (χ2v) is 6.85. The summed E-state index contributed by atoms with van der Waals surface area (Å²) in [6.45, 7) is 11.9. The van der Waals surface area contributed by atoms with Crippen molar-refractivity contribution in [2.24, 2.45) is 0 Å². The van der Waals surface area contributed by atoms with Gasteiger partial charge in [-0.25, -0.2) is 0 Å². The molecule has 0 aliphatic carbocycles. The van der Waals surface area contributed by atoms with Gasteiger partial charge in [0.05, 0.1) is 0 Å². The molecule has 1 aromatic carbocycles. The third-order valence-corrected chi connectivity index (χ3v) is 4.71. The second-order valence-electron chi connectivity index (χ2n) is 5.39. The van der Waals surface area contributed by atoms with Gasteiger partial charge in [0.1, 0.15) is 0 Å². The van der Waals surface area contributed by atoms with E-state index >= 15 is 0 Å². The first kappa shape index (κ1) is 14.3. The van der Waals surface area contributed by atoms with Crippen molar-refractivity contribution in [3.05, 3.63) is 56.3 Å². The van der Waals surface area contributed by atoms with Gasteiger partial charge in [-0.2, -0.15) is 0 Å². The summed E-state index contributed by atoms with van der Waals surface area (Å²) in [4.78, 5) is 2.82. The smallest absolute Gasteiger partial charge is 0.0305 e. The van der Waals surface area contributed by atoms with Crippen LogP contribution in [0.25, 0.3) is 0 Å². The van der Waals surface area contributed by atoms with Gasteiger partial charge in [-0.1, -0.05) is 18.2 Å². The summed E-state index contributed by atoms with van der Waals surface area (Å²) < 4.78 is 0. The third-order valence-electron chi connectivity index (χ3n) is 3.73. The lowest BCUT2D eigenvalue weighted by Crippen LogP contribution is -2.18. The molecule has 0 amide bonds. The monoisotopic (exact) mass is 273 g/mol. The normalized spacial score (nSPS) is 12.7. The van der Waals surface area contributed by atoms with Crippen molar-refractivity contribution in [2.75, 3.05) is 0 Å². The average Bonchev–Trinajstić information content (AvgIpc) is 2.70. The molecule has 2 rings (SSSR count). The Kier molecular flexibility index (Phi) is 4.43. The minimum Gasteiger partial charge on any atom is -0.306 e. The van der Waals surface area contributed by atoms with Gasteiger partial charge in [-0.05, 0) is 62.9 Å². The van der Waals surface area contributed by atoms with Crippen LogP contribution in [0.4, 0.5) is 0 Å². The van der Waals surface area contributed by atoms with Crippen molar-refractivity contribution in [2.45, 2.75) is 47.2 Å². The molecule has 1 unspecified atom stereocenters. The Labute approximate surface area is 120 Å². The Bertz CT molecular complexity index is 569. The Hall–Kier alpha value is -1.12. The number of hydrogen-bond donors (Lipinski definition) is 1. The molecule has 0 bridgehead atoms. The van der Waals surface area contributed by atoms with Crippen molar-refractivity contribution in [1.82, 2.24) is 5.32 Å². The molecular formula is C17H23NS. The van der Waals surface area contributed by atoms with Gasteiger partial charge in [0.2, 0.25) is 0 Å². The molecule has 0 saturated carbocycles. The maximum Gasteiger partial charge on any atom is 0.0305 e. The maximum atomic E-state index is 3.62. The molecule has 1 heterocycles. The highest BCUT2D eigenvalue weighted by Gasteiger charge is 2.10. The second kappa shape index (κ2) is 5.89. The zero-order chi connectivity index (χ0) is 14.0. The summed E-state index contributed by atoms with van der Waals surface area (Å²) in [5.41, 5.74) is 5.53. The largest absolute Gasteiger partial charge is 0.306 e. The number of rotatable bonds is 4. The van der Waals surface area contributed by atoms with Gasteiger partial charge in [-0.15, -0.1) is 11.3 Å². The van der Waals surface area contributed by atoms with Crippen LogP contribution in [0.2, 0.25) is 0 Å². The van der Waals surface area contributed by atoms with Crippen LogP contribution in [0, 0.1) is 27.7 Å². The van der Waals surface area contributed by atoms with Crippen LogP contribution in [-0.4, -0.2) is 0 Å². The molecule has 1 nitrogen and oxygen atoms in total. The zero-order valence-corrected chi connectivity index (χ0v) is 13.3. The summed E-state index contributed by atoms with van der Waals surface area (Å²) in [5, 5.41) is 3.62. The molecule has 0 radical (unpaired) electrons. The van der Waals surface area contributed by atoms with E-state index in [0.29, 0.717) is 6.04 Å². The number of benzene rings is 1. The van der Waals surface area contributed by atoms with E-state index in [1.165, 1.54) is 32.0 Å². The van der Waals surface area contributed by atoms with Gasteiger partial charge in [0, 0.05) is 22.3 Å². The fourth-order valence-corrected chi connectivity index (χ4v) is 3.40. The highest BCUT2D eigenvalue weighted by molar-refractivity contribution is 7.12. The van der Waals surface area contributed by atoms with E-state index in [-0.39, 0.29) is 0 Å². The Morgan fingerprint density at radius 1 is 1.05 bits per heavy atom. The molecule has 2 heteroatoms. The highest BCUT2D eigenvalue weighted by atomic mass is 32.1. The summed E-state index contributed by atoms with van der Waals surface area (Å²) in [5.74, 6) is 0. The third kappa shape index (κ3) is 3.46. The lowest BCUT2D eigenvalue weighted by Gasteiger charge is -2.14. The first-order valence-corrected chi connectivity index (χ1v) is 7.65. The molecule has 0 fully saturated rings. The minimum absolute atomic E-state index is 0.409. The van der Waals surface area contributed by atoms with E-state index in [4.69, 9.17) is 0 Å². The first-order chi connectivity index (χ1) is 8.97. The predicted octanol–water partition coefficient (Wildman–Crippen LogP) is 4.83. The van der Waals surface area contributed by atoms with E-state index < -0.39 is 0 Å². The number of aryl methyl sites for hydroxylation is 4. The molecule has 1 aromatic heterocycles. The van der Waals surface area contributed by atoms with E-state index in [2.05, 4.69) is 64.2 Å². The minimum atomic E-state index is 0.409. The molecule has 102 valence electrons. The summed E-state index contributed by atoms with van der Waals surface area (Å²) in [6, 6.07) is 9.41. The molecule has 1 N–H and O–H groups in total. The number of hydrogen-bond acceptors (Lipinski definition) is 2. The standard InChI is InChI=1S/C17H23NS/c1-11-6-7-16(8-12(11)2)10-18-14(4)17-9-13(3)19-15(17)5/h6-9,14,18H,10H2,1-5H3. The molecular weight excluding hydrogens is 250 g/mol. The lowest BCUT2D eigenvalue weighted by molar-refractivity contribution is 0.574. The van der Waals surface area contributed by atoms with Crippen LogP contribution in [-0.2, 0) is 6.54 Å². The van der Waals surface area contributed by atoms with Crippen molar-refractivity contribution in [3.63, 3.8) is 0 Å². The van der Waals surface area contributed by atoms with Crippen molar-refractivity contribution >= 4 is 11.3 Å². The van der Waals surface area contributed by atoms with Crippen LogP contribution in [0.3, 0.4) is 0 Å². The summed E-state index contributed by atoms with van der Waals surface area (Å²) in [6.07, 6.45) is 0. The van der Waals surface area contributed by atoms with E-state index in [0.717, 1.165) is 6.54 Å². The summed E-state index contributed by atoms with van der Waals surface area (Å²) in [7, 11) is 0. The Morgan fingerprint density at radius 3 is 2.37 bits per heavy atom. The topological polar surface area (TPSA) is 12.0 Å². The van der Waals surface area contributed by atoms with Crippen LogP contribution in [0.1, 0.15) is 45.0 Å². The predicted molar refractivity (Wildman–Crippen MR) is 85.0 cm³/mol. The van der Waals surface area contributed by atoms with Gasteiger partial charge in [0.15, 0.2) is 0 Å². The molecule has 1 atom stereocenters. The van der Waals surface area contributed by atoms with Crippen molar-refractivity contribution in [1.29, 1.82) is 0 Å². The average molecular weight is 273 g/mol. The fourth-order valence-electron chi connectivity index (χ4n) is 2.37. The Morgan fingerprint density at radius 2 is 1.79 bits per heavy atom. The first-order valence-electron chi connectivity index (χ1n) is 6.84. The molecule has 0 spiro atoms. The number of nitrogens with one attached hydrogen (secondary N) is 1. The quantitative estimate of drug-likeness (QED) is 0.841. The van der Waals surface area contributed by atoms with Gasteiger partial charge in [-0.3, -0.25) is 0 Å². The van der Waals surface area contributed by atoms with E-state index in [1.54, 1.807) is 0 Å². The van der Waals surface area contributed by atoms with Crippen LogP contribution >= 0.6 is 11.3 Å². The maximum absolute atomic E-state index is 3.62. The van der Waals surface area contributed by atoms with Crippen molar-refractivity contribution in [3.8, 4) is 0 Å². The Balaban J connectivity index is 2.02. The fraction of sp³-hybridized carbons (Fsp3) is 0.412. The van der Waals surface area contributed by atoms with Crippen LogP contribution in [0.15, 0.2) is 24.3 Å². The van der Waals surface area contributed by atoms with Gasteiger partial charge in [0.25, 0.3) is 0 Å². The lowest BCUT2D eigenvalue weighted by atomic mass is 10.1. The molecule has 19 heavy (non-hydrogen) atoms. The van der Waals surface area contributed by atoms with E-state index in [9.17, 15) is 0 Å². The van der Waals surface area contributed by atoms with Gasteiger partial charge >= 0.3 is 0 Å². The zero-order valence-electron chi connectivity index (χ0n) is 12.5. The SMILES string of the molecule is Cc1cc(C(C)NCc2ccc(C)c(C)c2)c(C)s1. The molecule has 0 aliphatic rings. The highest BCUT2D eigenvalue weighted by Crippen LogP contribution is 2.26. The van der Waals surface area contributed by atoms with Crippen LogP contribution in [0.5, 0.6) is 0 Å². The molecule has 0 aliphatic heterocycles. The number of thiophene rings is 1. The van der Waals surface area contributed by atoms with Gasteiger partial charge < -0.3 is 5.32 Å². The molecule has 0 saturated heterocycles. The summed E-state index contributed by atoms with van der Waals surface area (Å²) >= 11 is 1.88. The van der Waals surface area contributed by atoms with E-state index in [1.807, 2.05) is 11.3 Å².